The van der Waals surface area contributed by atoms with E-state index in [0.717, 1.165) is 25.3 Å². The second-order valence-corrected chi connectivity index (χ2v) is 12.0. The predicted molar refractivity (Wildman–Crippen MR) is 126 cm³/mol. The van der Waals surface area contributed by atoms with E-state index in [1.54, 1.807) is 0 Å². The first-order valence-corrected chi connectivity index (χ1v) is 13.8. The van der Waals surface area contributed by atoms with Crippen molar-refractivity contribution in [3.63, 3.8) is 0 Å². The highest BCUT2D eigenvalue weighted by Gasteiger charge is 2.71. The van der Waals surface area contributed by atoms with E-state index in [4.69, 9.17) is 0 Å². The summed E-state index contributed by atoms with van der Waals surface area (Å²) in [6.07, 6.45) is -10.4. The molecule has 2 aromatic carbocycles. The number of hydrogen-bond acceptors (Lipinski definition) is 4. The molecule has 2 aromatic rings. The Morgan fingerprint density at radius 1 is 1.00 bits per heavy atom. The molecule has 0 amide bonds. The fraction of sp³-hybridized carbons (Fsp3) is 0.520. The van der Waals surface area contributed by atoms with Crippen LogP contribution in [0.3, 0.4) is 0 Å². The van der Waals surface area contributed by atoms with Gasteiger partial charge in [-0.2, -0.15) is 30.6 Å². The zero-order valence-electron chi connectivity index (χ0n) is 21.1. The van der Waals surface area contributed by atoms with Gasteiger partial charge in [-0.15, -0.1) is 0 Å². The Morgan fingerprint density at radius 2 is 1.56 bits per heavy atom. The van der Waals surface area contributed by atoms with E-state index < -0.39 is 45.2 Å². The van der Waals surface area contributed by atoms with Crippen molar-refractivity contribution < 1.29 is 48.6 Å². The number of rotatable bonds is 6. The summed E-state index contributed by atoms with van der Waals surface area (Å²) in [5.41, 5.74) is -7.39. The Bertz CT molecular complexity index is 1370. The van der Waals surface area contributed by atoms with Crippen molar-refractivity contribution in [2.45, 2.75) is 63.3 Å². The molecular formula is C25H26F8N2O3S. The van der Waals surface area contributed by atoms with Gasteiger partial charge in [0, 0.05) is 48.4 Å². The van der Waals surface area contributed by atoms with Gasteiger partial charge in [-0.1, -0.05) is 25.1 Å². The number of fused-ring (bicyclic) bond motifs is 2. The number of alkyl halides is 6. The lowest BCUT2D eigenvalue weighted by Crippen LogP contribution is -2.69. The lowest BCUT2D eigenvalue weighted by atomic mass is 9.86. The third kappa shape index (κ3) is 4.93. The maximum Gasteiger partial charge on any atom is 0.430 e. The summed E-state index contributed by atoms with van der Waals surface area (Å²) in [7, 11) is -3.38. The van der Waals surface area contributed by atoms with Crippen LogP contribution in [0.15, 0.2) is 24.3 Å². The van der Waals surface area contributed by atoms with Gasteiger partial charge in [0.1, 0.15) is 11.6 Å². The summed E-state index contributed by atoms with van der Waals surface area (Å²) in [5.74, 6) is -1.68. The molecule has 5 rings (SSSR count). The minimum atomic E-state index is -6.08. The smallest absolute Gasteiger partial charge is 0.369 e. The van der Waals surface area contributed by atoms with Crippen molar-refractivity contribution in [3.05, 3.63) is 58.2 Å². The number of benzene rings is 2. The van der Waals surface area contributed by atoms with Crippen molar-refractivity contribution in [2.75, 3.05) is 19.3 Å². The van der Waals surface area contributed by atoms with Gasteiger partial charge in [-0.05, 0) is 42.5 Å². The minimum Gasteiger partial charge on any atom is -0.369 e. The van der Waals surface area contributed by atoms with Crippen molar-refractivity contribution in [1.82, 2.24) is 9.21 Å². The van der Waals surface area contributed by atoms with Crippen LogP contribution in [0.1, 0.15) is 35.6 Å². The van der Waals surface area contributed by atoms with E-state index in [1.807, 2.05) is 4.90 Å². The third-order valence-corrected chi connectivity index (χ3v) is 8.82. The Hall–Kier alpha value is -2.29. The highest BCUT2D eigenvalue weighted by atomic mass is 32.2. The Labute approximate surface area is 220 Å². The first-order chi connectivity index (χ1) is 17.8. The van der Waals surface area contributed by atoms with Crippen LogP contribution in [0.4, 0.5) is 35.1 Å². The monoisotopic (exact) mass is 586 g/mol. The minimum absolute atomic E-state index is 0.00176. The summed E-state index contributed by atoms with van der Waals surface area (Å²) in [4.78, 5) is 1.81. The maximum absolute atomic E-state index is 15.6. The number of aryl methyl sites for hydroxylation is 1. The lowest BCUT2D eigenvalue weighted by Gasteiger charge is -2.54. The highest BCUT2D eigenvalue weighted by molar-refractivity contribution is 7.88. The van der Waals surface area contributed by atoms with Gasteiger partial charge in [0.25, 0.3) is 5.60 Å². The van der Waals surface area contributed by atoms with E-state index >= 15 is 8.78 Å². The number of nitrogens with zero attached hydrogens (tertiary/aromatic N) is 2. The number of piperidine rings is 1. The first kappa shape index (κ1) is 29.7. The molecule has 0 saturated carbocycles. The highest BCUT2D eigenvalue weighted by Crippen LogP contribution is 2.50. The van der Waals surface area contributed by atoms with E-state index in [1.165, 1.54) is 11.2 Å². The molecule has 3 saturated heterocycles. The lowest BCUT2D eigenvalue weighted by molar-refractivity contribution is -0.376. The van der Waals surface area contributed by atoms with E-state index in [0.29, 0.717) is 31.6 Å². The number of halogens is 8. The fourth-order valence-electron chi connectivity index (χ4n) is 5.71. The molecule has 0 aromatic heterocycles. The van der Waals surface area contributed by atoms with Crippen LogP contribution in [-0.4, -0.2) is 66.5 Å². The normalized spacial score (nSPS) is 21.2. The zero-order valence-corrected chi connectivity index (χ0v) is 21.9. The summed E-state index contributed by atoms with van der Waals surface area (Å²) in [5, 5.41) is 9.69. The molecule has 0 spiro atoms. The average Bonchev–Trinajstić information content (AvgIpc) is 2.78. The topological polar surface area (TPSA) is 60.9 Å². The number of sulfonamides is 1. The molecule has 2 atom stereocenters. The van der Waals surface area contributed by atoms with Gasteiger partial charge in [0.15, 0.2) is 0 Å². The molecule has 1 N–H and O–H groups in total. The summed E-state index contributed by atoms with van der Waals surface area (Å²) in [6.45, 7) is 3.32. The van der Waals surface area contributed by atoms with Crippen molar-refractivity contribution in [1.29, 1.82) is 0 Å². The molecule has 0 radical (unpaired) electrons. The predicted octanol–water partition coefficient (Wildman–Crippen LogP) is 5.03. The average molecular weight is 587 g/mol. The van der Waals surface area contributed by atoms with Crippen molar-refractivity contribution >= 4 is 10.0 Å². The molecule has 216 valence electrons. The van der Waals surface area contributed by atoms with E-state index in [9.17, 15) is 39.9 Å². The number of piperazine rings is 1. The Kier molecular flexibility index (Phi) is 7.36. The quantitative estimate of drug-likeness (QED) is 0.483. The molecule has 3 heterocycles. The third-order valence-electron chi connectivity index (χ3n) is 7.45. The molecule has 0 aliphatic carbocycles. The number of aliphatic hydroxyl groups is 1. The molecule has 2 bridgehead atoms. The molecule has 14 heteroatoms. The van der Waals surface area contributed by atoms with Crippen molar-refractivity contribution in [3.8, 4) is 11.1 Å². The molecule has 5 nitrogen and oxygen atoms in total. The summed E-state index contributed by atoms with van der Waals surface area (Å²) < 4.78 is 136. The SMILES string of the molecule is CCc1c(F)c(CN2CC3CC(C2)N3S(C)(=O)=O)cc(F)c1-c1ccc(C(O)(C(F)(F)F)C(F)(F)F)cc1C. The van der Waals surface area contributed by atoms with Crippen LogP contribution in [0.25, 0.3) is 11.1 Å². The Morgan fingerprint density at radius 3 is 2.03 bits per heavy atom. The molecule has 3 aliphatic rings. The van der Waals surface area contributed by atoms with Gasteiger partial charge in [0.05, 0.1) is 6.26 Å². The van der Waals surface area contributed by atoms with Gasteiger partial charge in [-0.3, -0.25) is 4.90 Å². The van der Waals surface area contributed by atoms with E-state index in [2.05, 4.69) is 0 Å². The molecule has 3 fully saturated rings. The van der Waals surface area contributed by atoms with Crippen LogP contribution < -0.4 is 0 Å². The molecule has 39 heavy (non-hydrogen) atoms. The maximum atomic E-state index is 15.6. The van der Waals surface area contributed by atoms with Gasteiger partial charge in [-0.25, -0.2) is 17.2 Å². The first-order valence-electron chi connectivity index (χ1n) is 12.0. The van der Waals surface area contributed by atoms with Crippen molar-refractivity contribution in [2.24, 2.45) is 0 Å². The summed E-state index contributed by atoms with van der Waals surface area (Å²) in [6, 6.07) is 2.10. The second-order valence-electron chi connectivity index (χ2n) is 10.1. The zero-order chi connectivity index (χ0) is 29.3. The fourth-order valence-corrected chi connectivity index (χ4v) is 7.09. The van der Waals surface area contributed by atoms with E-state index in [-0.39, 0.29) is 52.9 Å². The number of hydrogen-bond donors (Lipinski definition) is 1. The summed E-state index contributed by atoms with van der Waals surface area (Å²) >= 11 is 0. The molecule has 2 unspecified atom stereocenters. The van der Waals surface area contributed by atoms with Crippen LogP contribution in [0.5, 0.6) is 0 Å². The molecule has 3 aliphatic heterocycles. The van der Waals surface area contributed by atoms with Crippen LogP contribution in [0, 0.1) is 18.6 Å². The Balaban J connectivity index is 1.68. The van der Waals surface area contributed by atoms with Gasteiger partial charge < -0.3 is 5.11 Å². The van der Waals surface area contributed by atoms with Gasteiger partial charge >= 0.3 is 12.4 Å². The van der Waals surface area contributed by atoms with Crippen LogP contribution >= 0.6 is 0 Å². The standard InChI is InChI=1S/C25H26F8N2O3S/c1-4-18-21(19-6-5-15(7-13(19)2)23(36,24(28,29)30)25(31,32)33)20(26)8-14(22(18)27)10-34-11-16-9-17(12-34)35(16)39(3,37)38/h5-8,16-17,36H,4,9-12H2,1-3H3. The van der Waals surface area contributed by atoms with Crippen LogP contribution in [0.2, 0.25) is 0 Å². The second kappa shape index (κ2) is 9.67. The largest absolute Gasteiger partial charge is 0.430 e. The van der Waals surface area contributed by atoms with Gasteiger partial charge in [0.2, 0.25) is 10.0 Å². The van der Waals surface area contributed by atoms with Crippen LogP contribution in [-0.2, 0) is 28.6 Å². The molecular weight excluding hydrogens is 560 g/mol.